The minimum atomic E-state index is -4.28. The predicted octanol–water partition coefficient (Wildman–Crippen LogP) is 6.02. The number of amides is 1. The fourth-order valence-corrected chi connectivity index (χ4v) is 4.34. The maximum Gasteiger partial charge on any atom is 0.407 e. The standard InChI is InChI=1S/C25H43NO6S/c1-4-5-6-7-8-9-10-11-12-13-15-24(23-17-16-22(31-3)20-21(23)2)32-25(27)26-18-14-19-33(28,29)30/h16-17,20,24H,4-15,18-19H2,1-3H3,(H,26,27)(H,28,29,30)/p-1. The third-order valence-corrected chi connectivity index (χ3v) is 6.52. The van der Waals surface area contributed by atoms with E-state index in [1.807, 2.05) is 25.1 Å². The molecule has 1 unspecified atom stereocenters. The zero-order valence-electron chi connectivity index (χ0n) is 20.6. The van der Waals surface area contributed by atoms with E-state index in [2.05, 4.69) is 12.2 Å². The summed E-state index contributed by atoms with van der Waals surface area (Å²) in [4.78, 5) is 12.3. The lowest BCUT2D eigenvalue weighted by molar-refractivity contribution is 0.0904. The van der Waals surface area contributed by atoms with Crippen molar-refractivity contribution in [3.8, 4) is 5.75 Å². The van der Waals surface area contributed by atoms with Gasteiger partial charge in [-0.15, -0.1) is 0 Å². The van der Waals surface area contributed by atoms with E-state index in [0.29, 0.717) is 6.42 Å². The molecule has 190 valence electrons. The Kier molecular flexibility index (Phi) is 14.8. The van der Waals surface area contributed by atoms with Crippen LogP contribution in [0.5, 0.6) is 5.75 Å². The molecule has 1 rings (SSSR count). The molecule has 0 aromatic heterocycles. The normalized spacial score (nSPS) is 12.4. The van der Waals surface area contributed by atoms with Crippen LogP contribution < -0.4 is 10.1 Å². The monoisotopic (exact) mass is 484 g/mol. The number of carbonyl (C=O) groups excluding carboxylic acids is 1. The average molecular weight is 485 g/mol. The second-order valence-corrected chi connectivity index (χ2v) is 10.2. The fourth-order valence-electron chi connectivity index (χ4n) is 3.84. The molecule has 0 radical (unpaired) electrons. The zero-order chi connectivity index (χ0) is 24.5. The van der Waals surface area contributed by atoms with Gasteiger partial charge in [-0.05, 0) is 49.4 Å². The molecule has 0 fully saturated rings. The first-order valence-electron chi connectivity index (χ1n) is 12.3. The molecule has 1 aromatic carbocycles. The van der Waals surface area contributed by atoms with Crippen molar-refractivity contribution in [2.75, 3.05) is 19.4 Å². The molecule has 0 bridgehead atoms. The Morgan fingerprint density at radius 2 is 1.61 bits per heavy atom. The smallest absolute Gasteiger partial charge is 0.407 e. The van der Waals surface area contributed by atoms with Gasteiger partial charge in [-0.1, -0.05) is 70.8 Å². The highest BCUT2D eigenvalue weighted by molar-refractivity contribution is 7.85. The Bertz CT molecular complexity index is 781. The molecule has 7 nitrogen and oxygen atoms in total. The van der Waals surface area contributed by atoms with E-state index < -0.39 is 28.1 Å². The number of methoxy groups -OCH3 is 1. The zero-order valence-corrected chi connectivity index (χ0v) is 21.4. The number of unbranched alkanes of at least 4 members (excludes halogenated alkanes) is 9. The second-order valence-electron chi connectivity index (χ2n) is 8.63. The largest absolute Gasteiger partial charge is 0.748 e. The van der Waals surface area contributed by atoms with Crippen LogP contribution in [0.2, 0.25) is 0 Å². The van der Waals surface area contributed by atoms with E-state index >= 15 is 0 Å². The second kappa shape index (κ2) is 16.8. The van der Waals surface area contributed by atoms with Gasteiger partial charge in [0.1, 0.15) is 11.9 Å². The van der Waals surface area contributed by atoms with Crippen LogP contribution >= 0.6 is 0 Å². The Morgan fingerprint density at radius 3 is 2.15 bits per heavy atom. The average Bonchev–Trinajstić information content (AvgIpc) is 2.76. The van der Waals surface area contributed by atoms with Gasteiger partial charge in [0.25, 0.3) is 0 Å². The molecule has 0 saturated heterocycles. The van der Waals surface area contributed by atoms with Crippen molar-refractivity contribution in [3.63, 3.8) is 0 Å². The molecule has 1 aromatic rings. The summed E-state index contributed by atoms with van der Waals surface area (Å²) < 4.78 is 43.0. The molecular formula is C25H42NO6S-. The van der Waals surface area contributed by atoms with Crippen molar-refractivity contribution >= 4 is 16.2 Å². The molecular weight excluding hydrogens is 442 g/mol. The molecule has 8 heteroatoms. The van der Waals surface area contributed by atoms with Gasteiger partial charge in [-0.2, -0.15) is 0 Å². The van der Waals surface area contributed by atoms with Gasteiger partial charge in [0.05, 0.1) is 17.2 Å². The number of hydrogen-bond acceptors (Lipinski definition) is 6. The molecule has 1 N–H and O–H groups in total. The number of benzene rings is 1. The maximum atomic E-state index is 12.3. The maximum absolute atomic E-state index is 12.3. The highest BCUT2D eigenvalue weighted by Crippen LogP contribution is 2.29. The number of carbonyl (C=O) groups is 1. The van der Waals surface area contributed by atoms with Gasteiger partial charge >= 0.3 is 6.09 Å². The Balaban J connectivity index is 2.51. The molecule has 0 aliphatic carbocycles. The molecule has 1 amide bonds. The first kappa shape index (κ1) is 29.2. The third-order valence-electron chi connectivity index (χ3n) is 5.73. The number of aryl methyl sites for hydroxylation is 1. The summed E-state index contributed by atoms with van der Waals surface area (Å²) >= 11 is 0. The summed E-state index contributed by atoms with van der Waals surface area (Å²) in [5.74, 6) is 0.240. The molecule has 0 aliphatic rings. The van der Waals surface area contributed by atoms with E-state index in [1.54, 1.807) is 7.11 Å². The molecule has 1 atom stereocenters. The lowest BCUT2D eigenvalue weighted by Gasteiger charge is -2.21. The Labute approximate surface area is 200 Å². The Morgan fingerprint density at radius 1 is 1.00 bits per heavy atom. The van der Waals surface area contributed by atoms with E-state index in [-0.39, 0.29) is 13.0 Å². The van der Waals surface area contributed by atoms with Gasteiger partial charge in [-0.25, -0.2) is 13.2 Å². The Hall–Kier alpha value is -1.80. The van der Waals surface area contributed by atoms with Gasteiger partial charge in [-0.3, -0.25) is 0 Å². The van der Waals surface area contributed by atoms with Gasteiger partial charge in [0.2, 0.25) is 0 Å². The number of nitrogens with one attached hydrogen (secondary N) is 1. The van der Waals surface area contributed by atoms with E-state index in [0.717, 1.165) is 29.7 Å². The quantitative estimate of drug-likeness (QED) is 0.202. The number of rotatable bonds is 18. The van der Waals surface area contributed by atoms with Crippen LogP contribution in [-0.4, -0.2) is 38.5 Å². The summed E-state index contributed by atoms with van der Waals surface area (Å²) in [5.41, 5.74) is 1.92. The topological polar surface area (TPSA) is 105 Å². The molecule has 0 heterocycles. The van der Waals surface area contributed by atoms with Crippen LogP contribution in [0.4, 0.5) is 4.79 Å². The van der Waals surface area contributed by atoms with Crippen LogP contribution in [0, 0.1) is 6.92 Å². The van der Waals surface area contributed by atoms with Crippen molar-refractivity contribution < 1.29 is 27.2 Å². The minimum absolute atomic E-state index is 0.0611. The summed E-state index contributed by atoms with van der Waals surface area (Å²) in [6, 6.07) is 5.70. The van der Waals surface area contributed by atoms with Gasteiger partial charge in [0, 0.05) is 12.3 Å². The highest BCUT2D eigenvalue weighted by Gasteiger charge is 2.19. The van der Waals surface area contributed by atoms with E-state index in [1.165, 1.54) is 51.4 Å². The summed E-state index contributed by atoms with van der Waals surface area (Å²) in [5, 5.41) is 2.55. The van der Waals surface area contributed by atoms with Crippen LogP contribution in [-0.2, 0) is 14.9 Å². The van der Waals surface area contributed by atoms with Crippen molar-refractivity contribution in [1.29, 1.82) is 0 Å². The lowest BCUT2D eigenvalue weighted by Crippen LogP contribution is -2.28. The molecule has 0 saturated carbocycles. The molecule has 0 aliphatic heterocycles. The highest BCUT2D eigenvalue weighted by atomic mass is 32.2. The van der Waals surface area contributed by atoms with Gasteiger partial charge in [0.15, 0.2) is 0 Å². The number of alkyl carbamates (subject to hydrolysis) is 1. The predicted molar refractivity (Wildman–Crippen MR) is 131 cm³/mol. The third kappa shape index (κ3) is 14.1. The van der Waals surface area contributed by atoms with E-state index in [4.69, 9.17) is 9.47 Å². The van der Waals surface area contributed by atoms with Crippen LogP contribution in [0.3, 0.4) is 0 Å². The van der Waals surface area contributed by atoms with Crippen LogP contribution in [0.15, 0.2) is 18.2 Å². The van der Waals surface area contributed by atoms with Crippen molar-refractivity contribution in [3.05, 3.63) is 29.3 Å². The first-order valence-corrected chi connectivity index (χ1v) is 13.9. The van der Waals surface area contributed by atoms with Crippen molar-refractivity contribution in [2.45, 2.75) is 97.0 Å². The number of hydrogen-bond donors (Lipinski definition) is 1. The SMILES string of the molecule is CCCCCCCCCCCCC(OC(=O)NCCCS(=O)(=O)[O-])c1ccc(OC)cc1C. The number of ether oxygens (including phenoxy) is 2. The van der Waals surface area contributed by atoms with Crippen molar-refractivity contribution in [1.82, 2.24) is 5.32 Å². The fraction of sp³-hybridized carbons (Fsp3) is 0.720. The first-order chi connectivity index (χ1) is 15.8. The van der Waals surface area contributed by atoms with Crippen LogP contribution in [0.25, 0.3) is 0 Å². The lowest BCUT2D eigenvalue weighted by atomic mass is 9.97. The molecule has 0 spiro atoms. The van der Waals surface area contributed by atoms with Gasteiger partial charge < -0.3 is 19.3 Å². The van der Waals surface area contributed by atoms with Crippen molar-refractivity contribution in [2.24, 2.45) is 0 Å². The molecule has 33 heavy (non-hydrogen) atoms. The summed E-state index contributed by atoms with van der Waals surface area (Å²) in [6.45, 7) is 4.27. The summed E-state index contributed by atoms with van der Waals surface area (Å²) in [6.07, 6.45) is 12.1. The summed E-state index contributed by atoms with van der Waals surface area (Å²) in [7, 11) is -2.67. The van der Waals surface area contributed by atoms with E-state index in [9.17, 15) is 17.8 Å². The minimum Gasteiger partial charge on any atom is -0.748 e. The van der Waals surface area contributed by atoms with Crippen LogP contribution in [0.1, 0.15) is 101 Å².